The standard InChI is InChI=1S/C19H13BrN4O3/c1-27-19(26)16-17(21)12-4-2-10(20)8-15(12)24(18(16)25)11-3-5-13-14(9-11)23-7-6-22-13/h2-9H,21H2,1H3. The van der Waals surface area contributed by atoms with E-state index < -0.39 is 11.5 Å². The number of aromatic nitrogens is 3. The van der Waals surface area contributed by atoms with Gasteiger partial charge in [-0.05, 0) is 36.4 Å². The van der Waals surface area contributed by atoms with E-state index in [0.717, 1.165) is 4.47 Å². The molecule has 134 valence electrons. The summed E-state index contributed by atoms with van der Waals surface area (Å²) in [6.45, 7) is 0. The Morgan fingerprint density at radius 2 is 1.85 bits per heavy atom. The van der Waals surface area contributed by atoms with Crippen molar-refractivity contribution in [1.29, 1.82) is 0 Å². The number of ether oxygens (including phenoxy) is 1. The number of carbonyl (C=O) groups excluding carboxylic acids is 1. The van der Waals surface area contributed by atoms with Crippen LogP contribution in [0, 0.1) is 0 Å². The lowest BCUT2D eigenvalue weighted by Crippen LogP contribution is -2.28. The molecule has 27 heavy (non-hydrogen) atoms. The Labute approximate surface area is 161 Å². The van der Waals surface area contributed by atoms with Crippen LogP contribution in [0.1, 0.15) is 10.4 Å². The van der Waals surface area contributed by atoms with E-state index in [0.29, 0.717) is 27.6 Å². The quantitative estimate of drug-likeness (QED) is 0.496. The highest BCUT2D eigenvalue weighted by Gasteiger charge is 2.22. The molecule has 0 spiro atoms. The Kier molecular flexibility index (Phi) is 4.12. The summed E-state index contributed by atoms with van der Waals surface area (Å²) in [6, 6.07) is 10.6. The molecule has 8 heteroatoms. The van der Waals surface area contributed by atoms with E-state index in [9.17, 15) is 9.59 Å². The molecule has 0 unspecified atom stereocenters. The molecule has 0 fully saturated rings. The fourth-order valence-corrected chi connectivity index (χ4v) is 3.38. The van der Waals surface area contributed by atoms with E-state index in [1.807, 2.05) is 0 Å². The number of hydrogen-bond acceptors (Lipinski definition) is 6. The second-order valence-electron chi connectivity index (χ2n) is 5.81. The molecular weight excluding hydrogens is 412 g/mol. The van der Waals surface area contributed by atoms with Crippen molar-refractivity contribution >= 4 is 49.5 Å². The number of anilines is 1. The molecule has 0 radical (unpaired) electrons. The summed E-state index contributed by atoms with van der Waals surface area (Å²) in [4.78, 5) is 33.9. The van der Waals surface area contributed by atoms with Crippen molar-refractivity contribution in [3.63, 3.8) is 0 Å². The van der Waals surface area contributed by atoms with Gasteiger partial charge in [0.15, 0.2) is 0 Å². The molecule has 2 N–H and O–H groups in total. The van der Waals surface area contributed by atoms with E-state index in [-0.39, 0.29) is 11.3 Å². The van der Waals surface area contributed by atoms with E-state index in [2.05, 4.69) is 25.9 Å². The van der Waals surface area contributed by atoms with Gasteiger partial charge in [0.2, 0.25) is 0 Å². The monoisotopic (exact) mass is 424 g/mol. The highest BCUT2D eigenvalue weighted by molar-refractivity contribution is 9.10. The number of halogens is 1. The number of nitrogens with zero attached hydrogens (tertiary/aromatic N) is 3. The van der Waals surface area contributed by atoms with E-state index >= 15 is 0 Å². The number of hydrogen-bond donors (Lipinski definition) is 1. The summed E-state index contributed by atoms with van der Waals surface area (Å²) in [5, 5.41) is 0.567. The van der Waals surface area contributed by atoms with Gasteiger partial charge in [-0.1, -0.05) is 15.9 Å². The number of methoxy groups -OCH3 is 1. The first-order valence-electron chi connectivity index (χ1n) is 7.94. The van der Waals surface area contributed by atoms with Crippen LogP contribution < -0.4 is 11.3 Å². The third kappa shape index (κ3) is 2.74. The Hall–Kier alpha value is -3.26. The van der Waals surface area contributed by atoms with E-state index in [1.165, 1.54) is 11.7 Å². The molecule has 0 aliphatic carbocycles. The maximum Gasteiger partial charge on any atom is 0.345 e. The summed E-state index contributed by atoms with van der Waals surface area (Å²) in [5.74, 6) is -0.781. The molecule has 7 nitrogen and oxygen atoms in total. The summed E-state index contributed by atoms with van der Waals surface area (Å²) in [7, 11) is 1.21. The van der Waals surface area contributed by atoms with Crippen LogP contribution in [0.4, 0.5) is 5.69 Å². The molecule has 0 bridgehead atoms. The summed E-state index contributed by atoms with van der Waals surface area (Å²) < 4.78 is 6.97. The van der Waals surface area contributed by atoms with Gasteiger partial charge in [0.25, 0.3) is 5.56 Å². The average molecular weight is 425 g/mol. The Bertz CT molecular complexity index is 1280. The highest BCUT2D eigenvalue weighted by Crippen LogP contribution is 2.28. The molecule has 0 aliphatic heterocycles. The molecule has 4 aromatic rings. The van der Waals surface area contributed by atoms with Crippen LogP contribution in [-0.2, 0) is 4.74 Å². The highest BCUT2D eigenvalue weighted by atomic mass is 79.9. The Balaban J connectivity index is 2.16. The van der Waals surface area contributed by atoms with Crippen molar-refractivity contribution in [2.24, 2.45) is 0 Å². The van der Waals surface area contributed by atoms with Gasteiger partial charge in [0.05, 0.1) is 35.0 Å². The van der Waals surface area contributed by atoms with Gasteiger partial charge >= 0.3 is 5.97 Å². The third-order valence-corrected chi connectivity index (χ3v) is 4.77. The summed E-state index contributed by atoms with van der Waals surface area (Å²) in [5.41, 5.74) is 7.88. The van der Waals surface area contributed by atoms with Crippen LogP contribution in [0.15, 0.2) is 58.1 Å². The van der Waals surface area contributed by atoms with E-state index in [4.69, 9.17) is 10.5 Å². The van der Waals surface area contributed by atoms with Crippen LogP contribution in [0.25, 0.3) is 27.6 Å². The lowest BCUT2D eigenvalue weighted by atomic mass is 10.1. The first kappa shape index (κ1) is 17.2. The van der Waals surface area contributed by atoms with Gasteiger partial charge < -0.3 is 10.5 Å². The number of benzene rings is 2. The number of nitrogen functional groups attached to an aromatic ring is 1. The molecule has 2 aromatic carbocycles. The fourth-order valence-electron chi connectivity index (χ4n) is 3.04. The Morgan fingerprint density at radius 1 is 1.11 bits per heavy atom. The first-order chi connectivity index (χ1) is 13.0. The van der Waals surface area contributed by atoms with Crippen molar-refractivity contribution in [3.05, 3.63) is 69.2 Å². The number of rotatable bonds is 2. The van der Waals surface area contributed by atoms with E-state index in [1.54, 1.807) is 48.8 Å². The topological polar surface area (TPSA) is 100 Å². The third-order valence-electron chi connectivity index (χ3n) is 4.28. The maximum atomic E-state index is 13.2. The molecule has 0 amide bonds. The molecule has 0 atom stereocenters. The molecule has 4 rings (SSSR count). The number of nitrogens with two attached hydrogens (primary N) is 1. The van der Waals surface area contributed by atoms with Crippen LogP contribution >= 0.6 is 15.9 Å². The summed E-state index contributed by atoms with van der Waals surface area (Å²) >= 11 is 3.42. The van der Waals surface area contributed by atoms with Gasteiger partial charge in [-0.25, -0.2) is 4.79 Å². The Morgan fingerprint density at radius 3 is 2.59 bits per heavy atom. The number of pyridine rings is 1. The predicted molar refractivity (Wildman–Crippen MR) is 106 cm³/mol. The van der Waals surface area contributed by atoms with Gasteiger partial charge in [0, 0.05) is 22.3 Å². The minimum absolute atomic E-state index is 0.0891. The van der Waals surface area contributed by atoms with Gasteiger partial charge in [-0.2, -0.15) is 0 Å². The molecular formula is C19H13BrN4O3. The van der Waals surface area contributed by atoms with Gasteiger partial charge in [-0.15, -0.1) is 0 Å². The minimum Gasteiger partial charge on any atom is -0.465 e. The van der Waals surface area contributed by atoms with Crippen LogP contribution in [0.2, 0.25) is 0 Å². The molecule has 2 aromatic heterocycles. The van der Waals surface area contributed by atoms with Crippen molar-refractivity contribution in [3.8, 4) is 5.69 Å². The largest absolute Gasteiger partial charge is 0.465 e. The number of carbonyl (C=O) groups is 1. The zero-order chi connectivity index (χ0) is 19.1. The lowest BCUT2D eigenvalue weighted by Gasteiger charge is -2.15. The van der Waals surface area contributed by atoms with Crippen molar-refractivity contribution in [2.45, 2.75) is 0 Å². The van der Waals surface area contributed by atoms with Crippen molar-refractivity contribution < 1.29 is 9.53 Å². The molecule has 0 saturated carbocycles. The number of fused-ring (bicyclic) bond motifs is 2. The van der Waals surface area contributed by atoms with Crippen LogP contribution in [0.3, 0.4) is 0 Å². The van der Waals surface area contributed by atoms with Gasteiger partial charge in [0.1, 0.15) is 5.56 Å². The van der Waals surface area contributed by atoms with Gasteiger partial charge in [-0.3, -0.25) is 19.3 Å². The smallest absolute Gasteiger partial charge is 0.345 e. The van der Waals surface area contributed by atoms with Crippen LogP contribution in [0.5, 0.6) is 0 Å². The maximum absolute atomic E-state index is 13.2. The SMILES string of the molecule is COC(=O)c1c(N)c2ccc(Br)cc2n(-c2ccc3nccnc3c2)c1=O. The lowest BCUT2D eigenvalue weighted by molar-refractivity contribution is 0.0600. The fraction of sp³-hybridized carbons (Fsp3) is 0.0526. The predicted octanol–water partition coefficient (Wildman–Crippen LogP) is 3.07. The molecule has 2 heterocycles. The summed E-state index contributed by atoms with van der Waals surface area (Å²) in [6.07, 6.45) is 3.17. The van der Waals surface area contributed by atoms with Crippen molar-refractivity contribution in [1.82, 2.24) is 14.5 Å². The average Bonchev–Trinajstić information content (AvgIpc) is 2.67. The first-order valence-corrected chi connectivity index (χ1v) is 8.74. The zero-order valence-electron chi connectivity index (χ0n) is 14.1. The number of esters is 1. The second-order valence-corrected chi connectivity index (χ2v) is 6.73. The molecule has 0 aliphatic rings. The molecule has 0 saturated heterocycles. The normalized spacial score (nSPS) is 11.0. The van der Waals surface area contributed by atoms with Crippen molar-refractivity contribution in [2.75, 3.05) is 12.8 Å². The van der Waals surface area contributed by atoms with Crippen LogP contribution in [-0.4, -0.2) is 27.6 Å². The zero-order valence-corrected chi connectivity index (χ0v) is 15.7. The second kappa shape index (κ2) is 6.48. The minimum atomic E-state index is -0.781.